The fraction of sp³-hybridized carbons (Fsp3) is 0.250. The summed E-state index contributed by atoms with van der Waals surface area (Å²) in [5, 5.41) is 3.54. The van der Waals surface area contributed by atoms with Crippen molar-refractivity contribution in [2.24, 2.45) is 0 Å². The second kappa shape index (κ2) is 4.61. The third-order valence-electron chi connectivity index (χ3n) is 0.567. The molecule has 0 saturated carbocycles. The van der Waals surface area contributed by atoms with E-state index in [2.05, 4.69) is 9.68 Å². The summed E-state index contributed by atoms with van der Waals surface area (Å²) in [7, 11) is 0. The maximum Gasteiger partial charge on any atom is 0.124 e. The lowest BCUT2D eigenvalue weighted by atomic mass is 10.5. The molecule has 48 valence electrons. The molecular formula is C4H8ClNO2. The highest BCUT2D eigenvalue weighted by Crippen LogP contribution is 1.86. The maximum atomic E-state index is 4.46. The van der Waals surface area contributed by atoms with Crippen LogP contribution in [0.3, 0.4) is 0 Å². The van der Waals surface area contributed by atoms with Crippen LogP contribution in [0.15, 0.2) is 16.9 Å². The van der Waals surface area contributed by atoms with Crippen molar-refractivity contribution >= 4 is 12.4 Å². The first-order chi connectivity index (χ1) is 2.89. The Morgan fingerprint density at radius 1 is 1.62 bits per heavy atom. The second-order valence-corrected chi connectivity index (χ2v) is 1.14. The molecule has 1 heterocycles. The third kappa shape index (κ3) is 2.60. The molecule has 0 atom stereocenters. The predicted molar refractivity (Wildman–Crippen MR) is 32.1 cm³/mol. The van der Waals surface area contributed by atoms with Crippen LogP contribution >= 0.6 is 12.4 Å². The van der Waals surface area contributed by atoms with Gasteiger partial charge in [-0.25, -0.2) is 0 Å². The van der Waals surface area contributed by atoms with Gasteiger partial charge in [-0.1, -0.05) is 5.16 Å². The van der Waals surface area contributed by atoms with Gasteiger partial charge in [-0.3, -0.25) is 0 Å². The van der Waals surface area contributed by atoms with Crippen LogP contribution in [-0.4, -0.2) is 10.6 Å². The minimum absolute atomic E-state index is 0. The molecule has 0 radical (unpaired) electrons. The first kappa shape index (κ1) is 10.4. The van der Waals surface area contributed by atoms with Crippen LogP contribution in [0.5, 0.6) is 0 Å². The smallest absolute Gasteiger partial charge is 0.124 e. The zero-order valence-corrected chi connectivity index (χ0v) is 5.23. The zero-order valence-electron chi connectivity index (χ0n) is 4.42. The minimum Gasteiger partial charge on any atom is -0.412 e. The number of hydrogen-bond acceptors (Lipinski definition) is 2. The van der Waals surface area contributed by atoms with E-state index in [-0.39, 0.29) is 17.9 Å². The summed E-state index contributed by atoms with van der Waals surface area (Å²) in [5.41, 5.74) is 0.926. The van der Waals surface area contributed by atoms with Crippen LogP contribution in [0.2, 0.25) is 0 Å². The summed E-state index contributed by atoms with van der Waals surface area (Å²) in [6.07, 6.45) is 1.55. The predicted octanol–water partition coefficient (Wildman–Crippen LogP) is 0.580. The van der Waals surface area contributed by atoms with Gasteiger partial charge in [0, 0.05) is 6.07 Å². The number of aryl methyl sites for hydroxylation is 1. The molecule has 0 amide bonds. The van der Waals surface area contributed by atoms with E-state index in [9.17, 15) is 0 Å². The van der Waals surface area contributed by atoms with E-state index in [1.807, 2.05) is 6.92 Å². The van der Waals surface area contributed by atoms with Crippen molar-refractivity contribution in [3.05, 3.63) is 18.0 Å². The number of rotatable bonds is 0. The van der Waals surface area contributed by atoms with Crippen LogP contribution in [-0.2, 0) is 0 Å². The molecule has 0 spiro atoms. The van der Waals surface area contributed by atoms with Gasteiger partial charge in [-0.05, 0) is 6.92 Å². The maximum absolute atomic E-state index is 4.46. The lowest BCUT2D eigenvalue weighted by molar-refractivity contribution is 0.415. The summed E-state index contributed by atoms with van der Waals surface area (Å²) in [4.78, 5) is 0. The zero-order chi connectivity index (χ0) is 4.41. The Labute approximate surface area is 53.4 Å². The number of halogens is 1. The third-order valence-corrected chi connectivity index (χ3v) is 0.567. The van der Waals surface area contributed by atoms with Crippen molar-refractivity contribution in [2.45, 2.75) is 6.92 Å². The van der Waals surface area contributed by atoms with E-state index in [0.29, 0.717) is 0 Å². The Balaban J connectivity index is 0. The number of nitrogens with zero attached hydrogens (tertiary/aromatic N) is 1. The van der Waals surface area contributed by atoms with Gasteiger partial charge in [0.05, 0.1) is 5.69 Å². The highest BCUT2D eigenvalue weighted by atomic mass is 35.5. The van der Waals surface area contributed by atoms with Crippen molar-refractivity contribution in [1.82, 2.24) is 5.16 Å². The Hall–Kier alpha value is -0.540. The fourth-order valence-corrected chi connectivity index (χ4v) is 0.273. The SMILES string of the molecule is Cc1ccon1.Cl.O. The first-order valence-electron chi connectivity index (χ1n) is 1.76. The summed E-state index contributed by atoms with van der Waals surface area (Å²) in [5.74, 6) is 0. The highest BCUT2D eigenvalue weighted by molar-refractivity contribution is 5.85. The van der Waals surface area contributed by atoms with Crippen LogP contribution < -0.4 is 0 Å². The van der Waals surface area contributed by atoms with E-state index >= 15 is 0 Å². The molecule has 0 aliphatic rings. The standard InChI is InChI=1S/C4H5NO.ClH.H2O/c1-4-2-3-6-5-4;;/h2-3H,1H3;1H;1H2. The molecule has 1 aromatic heterocycles. The topological polar surface area (TPSA) is 57.5 Å². The highest BCUT2D eigenvalue weighted by Gasteiger charge is 1.77. The van der Waals surface area contributed by atoms with Crippen molar-refractivity contribution in [1.29, 1.82) is 0 Å². The van der Waals surface area contributed by atoms with Crippen molar-refractivity contribution in [3.8, 4) is 0 Å². The summed E-state index contributed by atoms with van der Waals surface area (Å²) >= 11 is 0. The molecule has 0 unspecified atom stereocenters. The van der Waals surface area contributed by atoms with Gasteiger partial charge in [0.2, 0.25) is 0 Å². The molecule has 1 rings (SSSR count). The summed E-state index contributed by atoms with van der Waals surface area (Å²) in [6.45, 7) is 1.88. The second-order valence-electron chi connectivity index (χ2n) is 1.14. The molecule has 8 heavy (non-hydrogen) atoms. The molecule has 0 saturated heterocycles. The molecular weight excluding hydrogens is 130 g/mol. The van der Waals surface area contributed by atoms with Crippen molar-refractivity contribution < 1.29 is 10.00 Å². The van der Waals surface area contributed by atoms with E-state index in [1.165, 1.54) is 0 Å². The summed E-state index contributed by atoms with van der Waals surface area (Å²) < 4.78 is 4.46. The average molecular weight is 138 g/mol. The quantitative estimate of drug-likeness (QED) is 0.525. The Morgan fingerprint density at radius 3 is 2.38 bits per heavy atom. The Morgan fingerprint density at radius 2 is 2.25 bits per heavy atom. The number of aromatic nitrogens is 1. The van der Waals surface area contributed by atoms with E-state index in [4.69, 9.17) is 0 Å². The molecule has 3 nitrogen and oxygen atoms in total. The van der Waals surface area contributed by atoms with Crippen LogP contribution in [0.1, 0.15) is 5.69 Å². The number of hydrogen-bond donors (Lipinski definition) is 0. The van der Waals surface area contributed by atoms with E-state index in [1.54, 1.807) is 12.3 Å². The largest absolute Gasteiger partial charge is 0.412 e. The van der Waals surface area contributed by atoms with Crippen LogP contribution in [0.4, 0.5) is 0 Å². The Kier molecular flexibility index (Phi) is 6.02. The lowest BCUT2D eigenvalue weighted by Crippen LogP contribution is -1.59. The van der Waals surface area contributed by atoms with Crippen LogP contribution in [0.25, 0.3) is 0 Å². The molecule has 2 N–H and O–H groups in total. The van der Waals surface area contributed by atoms with E-state index in [0.717, 1.165) is 5.69 Å². The molecule has 1 aromatic rings. The fourth-order valence-electron chi connectivity index (χ4n) is 0.273. The van der Waals surface area contributed by atoms with E-state index < -0.39 is 0 Å². The van der Waals surface area contributed by atoms with Gasteiger partial charge in [-0.15, -0.1) is 12.4 Å². The molecule has 0 aromatic carbocycles. The van der Waals surface area contributed by atoms with Gasteiger partial charge in [-0.2, -0.15) is 0 Å². The van der Waals surface area contributed by atoms with Crippen LogP contribution in [0, 0.1) is 6.92 Å². The molecule has 0 aliphatic heterocycles. The van der Waals surface area contributed by atoms with Crippen molar-refractivity contribution in [3.63, 3.8) is 0 Å². The van der Waals surface area contributed by atoms with Gasteiger partial charge in [0.15, 0.2) is 0 Å². The molecule has 0 aliphatic carbocycles. The molecule has 4 heteroatoms. The van der Waals surface area contributed by atoms with Crippen molar-refractivity contribution in [2.75, 3.05) is 0 Å². The van der Waals surface area contributed by atoms with Gasteiger partial charge >= 0.3 is 0 Å². The monoisotopic (exact) mass is 137 g/mol. The normalized spacial score (nSPS) is 6.62. The summed E-state index contributed by atoms with van der Waals surface area (Å²) in [6, 6.07) is 1.81. The van der Waals surface area contributed by atoms with Gasteiger partial charge in [0.25, 0.3) is 0 Å². The minimum atomic E-state index is 0. The van der Waals surface area contributed by atoms with Gasteiger partial charge < -0.3 is 10.00 Å². The van der Waals surface area contributed by atoms with Gasteiger partial charge in [0.1, 0.15) is 6.26 Å². The first-order valence-corrected chi connectivity index (χ1v) is 1.76. The lowest BCUT2D eigenvalue weighted by Gasteiger charge is -1.62. The Bertz CT molecular complexity index is 118. The molecule has 0 fully saturated rings. The molecule has 0 bridgehead atoms. The average Bonchev–Trinajstić information content (AvgIpc) is 1.86.